The van der Waals surface area contributed by atoms with Crippen molar-refractivity contribution in [2.75, 3.05) is 33.2 Å². The molecule has 2 aliphatic heterocycles. The van der Waals surface area contributed by atoms with Gasteiger partial charge < -0.3 is 15.5 Å². The fraction of sp³-hybridized carbons (Fsp3) is 0.417. The quantitative estimate of drug-likeness (QED) is 0.208. The number of amidine groups is 1. The van der Waals surface area contributed by atoms with E-state index in [0.717, 1.165) is 40.2 Å². The fourth-order valence-corrected chi connectivity index (χ4v) is 9.27. The van der Waals surface area contributed by atoms with E-state index in [1.54, 1.807) is 29.2 Å². The third-order valence-corrected chi connectivity index (χ3v) is 11.8. The highest BCUT2D eigenvalue weighted by atomic mass is 32.2. The van der Waals surface area contributed by atoms with Gasteiger partial charge in [0.2, 0.25) is 0 Å². The van der Waals surface area contributed by atoms with Gasteiger partial charge in [0.25, 0.3) is 15.9 Å². The number of hydrogen-bond donors (Lipinski definition) is 3. The summed E-state index contributed by atoms with van der Waals surface area (Å²) < 4.78 is 30.0. The average Bonchev–Trinajstić information content (AvgIpc) is 3.70. The zero-order valence-electron chi connectivity index (χ0n) is 21.7. The maximum atomic E-state index is 13.8. The van der Waals surface area contributed by atoms with Gasteiger partial charge in [-0.2, -0.15) is 9.52 Å². The monoisotopic (exact) mass is 600 g/mol. The number of likely N-dealkylation sites (N-methyl/N-ethyl adjacent to an activating group) is 1. The van der Waals surface area contributed by atoms with Crippen molar-refractivity contribution in [2.45, 2.75) is 36.1 Å². The number of piperazine rings is 1. The van der Waals surface area contributed by atoms with Crippen molar-refractivity contribution < 1.29 is 13.2 Å². The van der Waals surface area contributed by atoms with Crippen LogP contribution in [-0.4, -0.2) is 99.1 Å². The molecule has 0 aliphatic carbocycles. The average molecular weight is 601 g/mol. The lowest BCUT2D eigenvalue weighted by Gasteiger charge is -2.40. The molecule has 1 atom stereocenters. The van der Waals surface area contributed by atoms with Gasteiger partial charge in [-0.3, -0.25) is 10.2 Å². The number of thiophene rings is 1. The third-order valence-electron chi connectivity index (χ3n) is 7.30. The molecule has 40 heavy (non-hydrogen) atoms. The van der Waals surface area contributed by atoms with Crippen LogP contribution in [0.2, 0.25) is 0 Å². The second-order valence-electron chi connectivity index (χ2n) is 9.99. The molecule has 0 radical (unpaired) electrons. The Balaban J connectivity index is 1.26. The lowest BCUT2D eigenvalue weighted by atomic mass is 10.1. The van der Waals surface area contributed by atoms with Gasteiger partial charge in [-0.25, -0.2) is 13.4 Å². The number of nitrogens with zero attached hydrogens (tertiary/aromatic N) is 7. The summed E-state index contributed by atoms with van der Waals surface area (Å²) in [6, 6.07) is 6.46. The molecule has 2 aliphatic rings. The van der Waals surface area contributed by atoms with Crippen LogP contribution in [0.5, 0.6) is 0 Å². The number of nitrogens with two attached hydrogens (primary N) is 1. The van der Waals surface area contributed by atoms with Gasteiger partial charge >= 0.3 is 0 Å². The summed E-state index contributed by atoms with van der Waals surface area (Å²) in [5.74, 6) is 0.262. The molecule has 1 unspecified atom stereocenters. The Labute approximate surface area is 238 Å². The van der Waals surface area contributed by atoms with Crippen molar-refractivity contribution >= 4 is 54.5 Å². The molecule has 16 heteroatoms. The minimum absolute atomic E-state index is 0.0733. The van der Waals surface area contributed by atoms with Crippen LogP contribution in [-0.2, 0) is 29.4 Å². The van der Waals surface area contributed by atoms with E-state index in [9.17, 15) is 13.2 Å². The van der Waals surface area contributed by atoms with Crippen LogP contribution in [0.1, 0.15) is 38.2 Å². The Hall–Kier alpha value is -3.31. The van der Waals surface area contributed by atoms with Gasteiger partial charge in [-0.05, 0) is 43.1 Å². The first-order valence-corrected chi connectivity index (χ1v) is 15.8. The number of thiazole rings is 1. The van der Waals surface area contributed by atoms with Gasteiger partial charge in [0.05, 0.1) is 5.69 Å². The van der Waals surface area contributed by atoms with E-state index in [-0.39, 0.29) is 35.6 Å². The molecule has 210 valence electrons. The van der Waals surface area contributed by atoms with Gasteiger partial charge in [-0.1, -0.05) is 5.21 Å². The summed E-state index contributed by atoms with van der Waals surface area (Å²) in [6.07, 6.45) is 1.72. The first-order chi connectivity index (χ1) is 19.2. The van der Waals surface area contributed by atoms with Crippen molar-refractivity contribution in [3.63, 3.8) is 0 Å². The second-order valence-corrected chi connectivity index (χ2v) is 14.3. The third kappa shape index (κ3) is 5.12. The number of aromatic nitrogens is 5. The van der Waals surface area contributed by atoms with Crippen molar-refractivity contribution in [2.24, 2.45) is 5.73 Å². The van der Waals surface area contributed by atoms with Crippen LogP contribution >= 0.6 is 22.7 Å². The SMILES string of the molecule is CN1CCc2nc(C(=O)N3CCN(S(=O)(=O)c4cc5cc(C(=N)N)ccc5s4)CC3CCc3nn[nH]n3)sc2C1. The highest BCUT2D eigenvalue weighted by Crippen LogP contribution is 2.33. The number of aryl methyl sites for hydroxylation is 1. The lowest BCUT2D eigenvalue weighted by Crippen LogP contribution is -2.56. The predicted molar refractivity (Wildman–Crippen MR) is 151 cm³/mol. The molecule has 4 N–H and O–H groups in total. The summed E-state index contributed by atoms with van der Waals surface area (Å²) in [4.78, 5) is 23.5. The predicted octanol–water partition coefficient (Wildman–Crippen LogP) is 1.29. The maximum absolute atomic E-state index is 13.8. The van der Waals surface area contributed by atoms with Crippen molar-refractivity contribution in [1.82, 2.24) is 39.7 Å². The molecule has 0 spiro atoms. The number of fused-ring (bicyclic) bond motifs is 2. The van der Waals surface area contributed by atoms with E-state index in [1.165, 1.54) is 27.0 Å². The Morgan fingerprint density at radius 3 is 2.85 bits per heavy atom. The first-order valence-electron chi connectivity index (χ1n) is 12.8. The van der Waals surface area contributed by atoms with E-state index in [4.69, 9.17) is 11.1 Å². The summed E-state index contributed by atoms with van der Waals surface area (Å²) in [5.41, 5.74) is 7.14. The van der Waals surface area contributed by atoms with Crippen LogP contribution in [0.15, 0.2) is 28.5 Å². The van der Waals surface area contributed by atoms with Crippen LogP contribution in [0, 0.1) is 5.41 Å². The maximum Gasteiger partial charge on any atom is 0.283 e. The van der Waals surface area contributed by atoms with Gasteiger partial charge in [0.15, 0.2) is 10.8 Å². The smallest absolute Gasteiger partial charge is 0.283 e. The lowest BCUT2D eigenvalue weighted by molar-refractivity contribution is 0.0550. The molecular formula is C24H28N10O3S3. The second kappa shape index (κ2) is 10.6. The molecule has 1 fully saturated rings. The van der Waals surface area contributed by atoms with E-state index < -0.39 is 16.1 Å². The van der Waals surface area contributed by atoms with Crippen LogP contribution in [0.3, 0.4) is 0 Å². The van der Waals surface area contributed by atoms with E-state index in [0.29, 0.717) is 29.2 Å². The van der Waals surface area contributed by atoms with Gasteiger partial charge in [0.1, 0.15) is 10.0 Å². The topological polar surface area (TPSA) is 178 Å². The number of aromatic amines is 1. The number of carbonyl (C=O) groups is 1. The Morgan fingerprint density at radius 1 is 1.23 bits per heavy atom. The van der Waals surface area contributed by atoms with E-state index in [2.05, 4.69) is 37.6 Å². The Bertz CT molecular complexity index is 1680. The standard InChI is InChI=1S/C24H28N10O3S3/c1-32-7-6-17-19(13-32)39-23(27-17)24(35)34-9-8-33(12-16(34)3-5-20-28-30-31-29-20)40(36,37)21-11-15-10-14(22(25)26)2-4-18(15)38-21/h2,4,10-11,16H,3,5-9,12-13H2,1H3,(H3,25,26)(H,28,29,30,31). The molecule has 1 amide bonds. The number of carbonyl (C=O) groups excluding carboxylic acids is 1. The van der Waals surface area contributed by atoms with Crippen molar-refractivity contribution in [1.29, 1.82) is 5.41 Å². The van der Waals surface area contributed by atoms with Gasteiger partial charge in [-0.15, -0.1) is 32.9 Å². The van der Waals surface area contributed by atoms with E-state index in [1.807, 2.05) is 0 Å². The minimum Gasteiger partial charge on any atom is -0.384 e. The number of hydrogen-bond acceptors (Lipinski definition) is 11. The first kappa shape index (κ1) is 26.9. The molecule has 0 saturated carbocycles. The molecule has 13 nitrogen and oxygen atoms in total. The Kier molecular flexibility index (Phi) is 7.12. The molecule has 1 aromatic carbocycles. The van der Waals surface area contributed by atoms with E-state index >= 15 is 0 Å². The number of amides is 1. The molecule has 4 aromatic rings. The molecule has 5 heterocycles. The number of sulfonamides is 1. The number of tetrazole rings is 1. The molecule has 3 aromatic heterocycles. The van der Waals surface area contributed by atoms with Crippen LogP contribution in [0.25, 0.3) is 10.1 Å². The highest BCUT2D eigenvalue weighted by molar-refractivity contribution is 7.91. The molecule has 6 rings (SSSR count). The number of rotatable bonds is 7. The minimum atomic E-state index is -3.82. The number of nitrogens with one attached hydrogen (secondary N) is 2. The van der Waals surface area contributed by atoms with Crippen molar-refractivity contribution in [3.8, 4) is 0 Å². The zero-order chi connectivity index (χ0) is 28.0. The van der Waals surface area contributed by atoms with Crippen LogP contribution in [0.4, 0.5) is 0 Å². The summed E-state index contributed by atoms with van der Waals surface area (Å²) in [5, 5.41) is 22.9. The summed E-state index contributed by atoms with van der Waals surface area (Å²) >= 11 is 2.61. The van der Waals surface area contributed by atoms with Gasteiger partial charge in [0, 0.05) is 66.7 Å². The Morgan fingerprint density at radius 2 is 2.08 bits per heavy atom. The summed E-state index contributed by atoms with van der Waals surface area (Å²) in [7, 11) is -1.77. The zero-order valence-corrected chi connectivity index (χ0v) is 24.2. The largest absolute Gasteiger partial charge is 0.384 e. The molecule has 1 saturated heterocycles. The number of H-pyrrole nitrogens is 1. The normalized spacial score (nSPS) is 18.7. The molecule has 0 bridgehead atoms. The van der Waals surface area contributed by atoms with Crippen molar-refractivity contribution in [3.05, 3.63) is 51.2 Å². The van der Waals surface area contributed by atoms with Crippen LogP contribution < -0.4 is 5.73 Å². The molecular weight excluding hydrogens is 573 g/mol. The number of benzene rings is 1. The fourth-order valence-electron chi connectivity index (χ4n) is 5.12. The number of nitrogen functional groups attached to an aromatic ring is 1. The highest BCUT2D eigenvalue weighted by Gasteiger charge is 2.38. The summed E-state index contributed by atoms with van der Waals surface area (Å²) in [6.45, 7) is 2.25.